The van der Waals surface area contributed by atoms with Crippen LogP contribution in [0.5, 0.6) is 0 Å². The molecule has 1 heterocycles. The van der Waals surface area contributed by atoms with Gasteiger partial charge in [-0.15, -0.1) is 0 Å². The first-order chi connectivity index (χ1) is 11.6. The van der Waals surface area contributed by atoms with Crippen LogP contribution < -0.4 is 0 Å². The molecule has 24 heavy (non-hydrogen) atoms. The van der Waals surface area contributed by atoms with E-state index in [1.54, 1.807) is 24.3 Å². The molecule has 0 spiro atoms. The predicted octanol–water partition coefficient (Wildman–Crippen LogP) is 2.46. The summed E-state index contributed by atoms with van der Waals surface area (Å²) >= 11 is 5.85. The van der Waals surface area contributed by atoms with E-state index in [2.05, 4.69) is 12.2 Å². The van der Waals surface area contributed by atoms with Crippen molar-refractivity contribution >= 4 is 29.3 Å². The molecule has 3 amide bonds. The standard InChI is InChI=1S/C19H16ClNO3/c20-10-3-1-9(2-4-10)7-15(22)21-18(23)16-11-5-6-12(14-8-13(11)14)17(16)19(21)24/h1-6,11-14,16-17H,7-8H2/t11-,12-,13-,14+,16+,17+/m0/s1. The van der Waals surface area contributed by atoms with E-state index in [1.165, 1.54) is 0 Å². The molecule has 0 radical (unpaired) electrons. The van der Waals surface area contributed by atoms with Gasteiger partial charge in [0.2, 0.25) is 17.7 Å². The van der Waals surface area contributed by atoms with Crippen molar-refractivity contribution in [1.82, 2.24) is 4.90 Å². The molecule has 4 nitrogen and oxygen atoms in total. The van der Waals surface area contributed by atoms with Gasteiger partial charge in [0.1, 0.15) is 0 Å². The lowest BCUT2D eigenvalue weighted by Crippen LogP contribution is -2.40. The van der Waals surface area contributed by atoms with Crippen LogP contribution in [-0.4, -0.2) is 22.6 Å². The Morgan fingerprint density at radius 1 is 1.00 bits per heavy atom. The molecule has 6 atom stereocenters. The molecule has 4 aliphatic carbocycles. The van der Waals surface area contributed by atoms with Gasteiger partial charge in [-0.2, -0.15) is 0 Å². The maximum atomic E-state index is 12.8. The molecular weight excluding hydrogens is 326 g/mol. The van der Waals surface area contributed by atoms with E-state index < -0.39 is 5.91 Å². The van der Waals surface area contributed by atoms with Gasteiger partial charge in [0.25, 0.3) is 0 Å². The number of carbonyl (C=O) groups excluding carboxylic acids is 3. The van der Waals surface area contributed by atoms with Crippen LogP contribution in [0, 0.1) is 35.5 Å². The monoisotopic (exact) mass is 341 g/mol. The van der Waals surface area contributed by atoms with Crippen molar-refractivity contribution < 1.29 is 14.4 Å². The van der Waals surface area contributed by atoms with Crippen molar-refractivity contribution in [3.8, 4) is 0 Å². The van der Waals surface area contributed by atoms with Gasteiger partial charge in [-0.3, -0.25) is 14.4 Å². The molecule has 5 heteroatoms. The fourth-order valence-corrected chi connectivity index (χ4v) is 5.18. The van der Waals surface area contributed by atoms with Crippen molar-refractivity contribution in [1.29, 1.82) is 0 Å². The third-order valence-corrected chi connectivity index (χ3v) is 6.43. The van der Waals surface area contributed by atoms with E-state index in [0.717, 1.165) is 16.9 Å². The van der Waals surface area contributed by atoms with Crippen molar-refractivity contribution in [2.24, 2.45) is 35.5 Å². The van der Waals surface area contributed by atoms with Gasteiger partial charge in [0.05, 0.1) is 18.3 Å². The van der Waals surface area contributed by atoms with Gasteiger partial charge in [-0.25, -0.2) is 4.90 Å². The van der Waals surface area contributed by atoms with Crippen LogP contribution in [0.15, 0.2) is 36.4 Å². The lowest BCUT2D eigenvalue weighted by Gasteiger charge is -2.37. The molecule has 122 valence electrons. The van der Waals surface area contributed by atoms with E-state index in [1.807, 2.05) is 0 Å². The number of hydrogen-bond acceptors (Lipinski definition) is 3. The first-order valence-corrected chi connectivity index (χ1v) is 8.77. The van der Waals surface area contributed by atoms with E-state index in [-0.39, 0.29) is 41.9 Å². The zero-order chi connectivity index (χ0) is 16.6. The second-order valence-corrected chi connectivity index (χ2v) is 7.80. The number of imide groups is 3. The summed E-state index contributed by atoms with van der Waals surface area (Å²) in [6.07, 6.45) is 5.38. The number of carbonyl (C=O) groups is 3. The van der Waals surface area contributed by atoms with Crippen molar-refractivity contribution in [3.63, 3.8) is 0 Å². The minimum atomic E-state index is -0.421. The molecule has 1 aromatic carbocycles. The van der Waals surface area contributed by atoms with Crippen LogP contribution in [0.2, 0.25) is 5.02 Å². The fraction of sp³-hybridized carbons (Fsp3) is 0.421. The Balaban J connectivity index is 1.41. The zero-order valence-corrected chi connectivity index (χ0v) is 13.6. The van der Waals surface area contributed by atoms with Gasteiger partial charge in [0.15, 0.2) is 0 Å². The van der Waals surface area contributed by atoms with E-state index in [9.17, 15) is 14.4 Å². The summed E-state index contributed by atoms with van der Waals surface area (Å²) in [5.74, 6) is -0.230. The van der Waals surface area contributed by atoms with Crippen LogP contribution in [0.1, 0.15) is 12.0 Å². The predicted molar refractivity (Wildman–Crippen MR) is 86.7 cm³/mol. The average molecular weight is 342 g/mol. The van der Waals surface area contributed by atoms with E-state index in [4.69, 9.17) is 11.6 Å². The third kappa shape index (κ3) is 1.83. The third-order valence-electron chi connectivity index (χ3n) is 6.18. The Morgan fingerprint density at radius 3 is 2.08 bits per heavy atom. The number of hydrogen-bond donors (Lipinski definition) is 0. The molecule has 0 N–H and O–H groups in total. The van der Waals surface area contributed by atoms with Crippen molar-refractivity contribution in [2.75, 3.05) is 0 Å². The number of allylic oxidation sites excluding steroid dienone is 2. The van der Waals surface area contributed by atoms with Crippen LogP contribution in [-0.2, 0) is 20.8 Å². The number of benzene rings is 1. The quantitative estimate of drug-likeness (QED) is 0.613. The number of likely N-dealkylation sites (tertiary alicyclic amines) is 1. The Kier molecular flexibility index (Phi) is 2.88. The molecule has 0 unspecified atom stereocenters. The number of amides is 3. The molecule has 0 aromatic heterocycles. The summed E-state index contributed by atoms with van der Waals surface area (Å²) in [5, 5.41) is 0.590. The number of rotatable bonds is 2. The molecule has 1 aromatic rings. The maximum Gasteiger partial charge on any atom is 0.240 e. The lowest BCUT2D eigenvalue weighted by molar-refractivity contribution is -0.150. The molecule has 5 aliphatic rings. The highest BCUT2D eigenvalue weighted by molar-refractivity contribution is 6.30. The van der Waals surface area contributed by atoms with Crippen LogP contribution in [0.3, 0.4) is 0 Å². The number of halogens is 1. The molecule has 2 bridgehead atoms. The Morgan fingerprint density at radius 2 is 1.54 bits per heavy atom. The molecule has 6 rings (SSSR count). The minimum Gasteiger partial charge on any atom is -0.274 e. The topological polar surface area (TPSA) is 54.5 Å². The average Bonchev–Trinajstić information content (AvgIpc) is 3.34. The maximum absolute atomic E-state index is 12.8. The SMILES string of the molecule is O=C(Cc1ccc(Cl)cc1)N1C(=O)[C@@H]2[C@H]3C=C[C@@H]([C@@H]4C[C@H]34)[C@H]2C1=O. The van der Waals surface area contributed by atoms with E-state index >= 15 is 0 Å². The molecule has 3 fully saturated rings. The lowest BCUT2D eigenvalue weighted by atomic mass is 9.63. The van der Waals surface area contributed by atoms with Crippen LogP contribution in [0.4, 0.5) is 0 Å². The Labute approximate surface area is 144 Å². The first kappa shape index (κ1) is 14.4. The second-order valence-electron chi connectivity index (χ2n) is 7.36. The zero-order valence-electron chi connectivity index (χ0n) is 12.9. The molecule has 1 aliphatic heterocycles. The minimum absolute atomic E-state index is 0.0453. The van der Waals surface area contributed by atoms with Gasteiger partial charge >= 0.3 is 0 Å². The molecular formula is C19H16ClNO3. The summed E-state index contributed by atoms with van der Waals surface area (Å²) in [4.78, 5) is 39.2. The van der Waals surface area contributed by atoms with E-state index in [0.29, 0.717) is 16.9 Å². The highest BCUT2D eigenvalue weighted by Gasteiger charge is 2.67. The van der Waals surface area contributed by atoms with Crippen LogP contribution in [0.25, 0.3) is 0 Å². The Hall–Kier alpha value is -1.94. The highest BCUT2D eigenvalue weighted by Crippen LogP contribution is 2.65. The van der Waals surface area contributed by atoms with Gasteiger partial charge < -0.3 is 0 Å². The smallest absolute Gasteiger partial charge is 0.240 e. The largest absolute Gasteiger partial charge is 0.274 e. The van der Waals surface area contributed by atoms with Gasteiger partial charge in [-0.05, 0) is 47.8 Å². The Bertz CT molecular complexity index is 763. The van der Waals surface area contributed by atoms with Gasteiger partial charge in [0, 0.05) is 5.02 Å². The molecule has 1 saturated heterocycles. The fourth-order valence-electron chi connectivity index (χ4n) is 5.06. The number of nitrogens with zero attached hydrogens (tertiary/aromatic N) is 1. The first-order valence-electron chi connectivity index (χ1n) is 8.39. The summed E-state index contributed by atoms with van der Waals surface area (Å²) in [6.45, 7) is 0. The summed E-state index contributed by atoms with van der Waals surface area (Å²) in [6, 6.07) is 6.90. The summed E-state index contributed by atoms with van der Waals surface area (Å²) in [5.41, 5.74) is 0.754. The summed E-state index contributed by atoms with van der Waals surface area (Å²) < 4.78 is 0. The van der Waals surface area contributed by atoms with Gasteiger partial charge in [-0.1, -0.05) is 35.9 Å². The second kappa shape index (κ2) is 4.79. The van der Waals surface area contributed by atoms with Crippen LogP contribution >= 0.6 is 11.6 Å². The summed E-state index contributed by atoms with van der Waals surface area (Å²) in [7, 11) is 0. The normalized spacial score (nSPS) is 38.3. The van der Waals surface area contributed by atoms with Crippen molar-refractivity contribution in [2.45, 2.75) is 12.8 Å². The highest BCUT2D eigenvalue weighted by atomic mass is 35.5. The molecule has 2 saturated carbocycles. The van der Waals surface area contributed by atoms with Crippen molar-refractivity contribution in [3.05, 3.63) is 47.0 Å².